The summed E-state index contributed by atoms with van der Waals surface area (Å²) in [7, 11) is 0. The topological polar surface area (TPSA) is 12.9 Å². The number of aromatic nitrogens is 1. The van der Waals surface area contributed by atoms with Crippen molar-refractivity contribution in [1.29, 1.82) is 0 Å². The van der Waals surface area contributed by atoms with Gasteiger partial charge in [-0.1, -0.05) is 37.3 Å². The minimum atomic E-state index is 1.06. The number of fused-ring (bicyclic) bond motifs is 1. The Morgan fingerprint density at radius 3 is 2.55 bits per heavy atom. The third kappa shape index (κ3) is 2.32. The lowest BCUT2D eigenvalue weighted by Crippen LogP contribution is -1.88. The van der Waals surface area contributed by atoms with E-state index in [2.05, 4.69) is 61.3 Å². The third-order valence-electron chi connectivity index (χ3n) is 3.88. The van der Waals surface area contributed by atoms with Gasteiger partial charge in [-0.2, -0.15) is 0 Å². The predicted octanol–water partition coefficient (Wildman–Crippen LogP) is 5.08. The second-order valence-corrected chi connectivity index (χ2v) is 5.39. The molecular formula is C19H19N. The van der Waals surface area contributed by atoms with Crippen molar-refractivity contribution < 1.29 is 0 Å². The van der Waals surface area contributed by atoms with Gasteiger partial charge in [-0.3, -0.25) is 4.98 Å². The summed E-state index contributed by atoms with van der Waals surface area (Å²) < 4.78 is 0. The summed E-state index contributed by atoms with van der Waals surface area (Å²) in [5.41, 5.74) is 6.37. The Hall–Kier alpha value is -2.15. The van der Waals surface area contributed by atoms with Gasteiger partial charge < -0.3 is 0 Å². The van der Waals surface area contributed by atoms with Gasteiger partial charge in [0.1, 0.15) is 0 Å². The van der Waals surface area contributed by atoms with Gasteiger partial charge in [0.15, 0.2) is 0 Å². The van der Waals surface area contributed by atoms with Gasteiger partial charge in [0, 0.05) is 17.3 Å². The van der Waals surface area contributed by atoms with Crippen LogP contribution in [-0.4, -0.2) is 4.98 Å². The predicted molar refractivity (Wildman–Crippen MR) is 86.0 cm³/mol. The smallest absolute Gasteiger partial charge is 0.0379 e. The van der Waals surface area contributed by atoms with E-state index in [0.717, 1.165) is 12.1 Å². The highest BCUT2D eigenvalue weighted by Gasteiger charge is 2.04. The molecule has 0 saturated carbocycles. The van der Waals surface area contributed by atoms with Crippen LogP contribution < -0.4 is 0 Å². The number of nitrogens with zero attached hydrogens (tertiary/aromatic N) is 1. The molecule has 0 unspecified atom stereocenters. The van der Waals surface area contributed by atoms with E-state index in [4.69, 9.17) is 0 Å². The molecule has 0 bridgehead atoms. The van der Waals surface area contributed by atoms with Crippen LogP contribution in [0.2, 0.25) is 0 Å². The molecule has 3 aromatic rings. The van der Waals surface area contributed by atoms with Crippen molar-refractivity contribution in [2.24, 2.45) is 0 Å². The van der Waals surface area contributed by atoms with Crippen LogP contribution in [0.3, 0.4) is 0 Å². The van der Waals surface area contributed by atoms with Gasteiger partial charge in [0.25, 0.3) is 0 Å². The minimum absolute atomic E-state index is 1.06. The summed E-state index contributed by atoms with van der Waals surface area (Å²) in [6.07, 6.45) is 3.04. The summed E-state index contributed by atoms with van der Waals surface area (Å²) in [5, 5.41) is 2.46. The summed E-state index contributed by atoms with van der Waals surface area (Å²) in [4.78, 5) is 4.40. The first-order chi connectivity index (χ1) is 9.67. The van der Waals surface area contributed by atoms with Crippen molar-refractivity contribution >= 4 is 10.8 Å². The first-order valence-electron chi connectivity index (χ1n) is 7.13. The van der Waals surface area contributed by atoms with Gasteiger partial charge in [0.05, 0.1) is 0 Å². The molecule has 0 aliphatic heterocycles. The zero-order chi connectivity index (χ0) is 14.1. The van der Waals surface area contributed by atoms with Crippen molar-refractivity contribution in [3.8, 4) is 11.1 Å². The standard InChI is InChI=1S/C19H19N/c1-4-15-6-5-13(2)19(10-15)17-8-7-16-9-14(3)20-12-18(16)11-17/h5-12H,4H2,1-3H3. The molecule has 0 fully saturated rings. The van der Waals surface area contributed by atoms with E-state index in [1.165, 1.54) is 33.0 Å². The molecule has 0 N–H and O–H groups in total. The zero-order valence-electron chi connectivity index (χ0n) is 12.3. The van der Waals surface area contributed by atoms with E-state index in [1.54, 1.807) is 0 Å². The van der Waals surface area contributed by atoms with Crippen molar-refractivity contribution in [2.45, 2.75) is 27.2 Å². The molecule has 0 saturated heterocycles. The van der Waals surface area contributed by atoms with Gasteiger partial charge in [-0.15, -0.1) is 0 Å². The number of rotatable bonds is 2. The molecule has 0 radical (unpaired) electrons. The average molecular weight is 261 g/mol. The van der Waals surface area contributed by atoms with Gasteiger partial charge >= 0.3 is 0 Å². The van der Waals surface area contributed by atoms with E-state index in [9.17, 15) is 0 Å². The van der Waals surface area contributed by atoms with E-state index in [0.29, 0.717) is 0 Å². The minimum Gasteiger partial charge on any atom is -0.261 e. The monoisotopic (exact) mass is 261 g/mol. The molecule has 20 heavy (non-hydrogen) atoms. The molecule has 0 atom stereocenters. The van der Waals surface area contributed by atoms with E-state index in [-0.39, 0.29) is 0 Å². The molecule has 0 aliphatic carbocycles. The third-order valence-corrected chi connectivity index (χ3v) is 3.88. The normalized spacial score (nSPS) is 10.9. The summed E-state index contributed by atoms with van der Waals surface area (Å²) >= 11 is 0. The van der Waals surface area contributed by atoms with Crippen LogP contribution in [0, 0.1) is 13.8 Å². The maximum absolute atomic E-state index is 4.40. The van der Waals surface area contributed by atoms with Gasteiger partial charge in [-0.05, 0) is 60.0 Å². The second-order valence-electron chi connectivity index (χ2n) is 5.39. The number of hydrogen-bond acceptors (Lipinski definition) is 1. The highest BCUT2D eigenvalue weighted by molar-refractivity contribution is 5.87. The van der Waals surface area contributed by atoms with Gasteiger partial charge in [0.2, 0.25) is 0 Å². The SMILES string of the molecule is CCc1ccc(C)c(-c2ccc3cc(C)ncc3c2)c1. The van der Waals surface area contributed by atoms with Crippen LogP contribution in [0.15, 0.2) is 48.7 Å². The fourth-order valence-corrected chi connectivity index (χ4v) is 2.62. The number of aryl methyl sites for hydroxylation is 3. The van der Waals surface area contributed by atoms with Crippen LogP contribution in [0.25, 0.3) is 21.9 Å². The Morgan fingerprint density at radius 2 is 1.75 bits per heavy atom. The Morgan fingerprint density at radius 1 is 0.900 bits per heavy atom. The molecule has 2 aromatic carbocycles. The average Bonchev–Trinajstić information content (AvgIpc) is 2.47. The summed E-state index contributed by atoms with van der Waals surface area (Å²) in [6.45, 7) is 6.40. The highest BCUT2D eigenvalue weighted by atomic mass is 14.6. The molecule has 1 nitrogen and oxygen atoms in total. The van der Waals surface area contributed by atoms with Crippen molar-refractivity contribution in [3.05, 3.63) is 65.5 Å². The van der Waals surface area contributed by atoms with E-state index < -0.39 is 0 Å². The van der Waals surface area contributed by atoms with Crippen LogP contribution in [0.4, 0.5) is 0 Å². The maximum Gasteiger partial charge on any atom is 0.0379 e. The van der Waals surface area contributed by atoms with Crippen LogP contribution in [0.1, 0.15) is 23.7 Å². The number of benzene rings is 2. The molecular weight excluding hydrogens is 242 g/mol. The van der Waals surface area contributed by atoms with Crippen LogP contribution in [0.5, 0.6) is 0 Å². The summed E-state index contributed by atoms with van der Waals surface area (Å²) in [6, 6.07) is 15.5. The van der Waals surface area contributed by atoms with Crippen molar-refractivity contribution in [2.75, 3.05) is 0 Å². The Balaban J connectivity index is 2.17. The lowest BCUT2D eigenvalue weighted by Gasteiger charge is -2.10. The van der Waals surface area contributed by atoms with Crippen molar-refractivity contribution in [1.82, 2.24) is 4.98 Å². The first-order valence-corrected chi connectivity index (χ1v) is 7.13. The largest absolute Gasteiger partial charge is 0.261 e. The molecule has 3 rings (SSSR count). The first kappa shape index (κ1) is 12.9. The van der Waals surface area contributed by atoms with Crippen LogP contribution in [-0.2, 0) is 6.42 Å². The fourth-order valence-electron chi connectivity index (χ4n) is 2.62. The number of pyridine rings is 1. The Labute approximate surface area is 120 Å². The number of hydrogen-bond donors (Lipinski definition) is 0. The van der Waals surface area contributed by atoms with Crippen LogP contribution >= 0.6 is 0 Å². The van der Waals surface area contributed by atoms with E-state index >= 15 is 0 Å². The Kier molecular flexibility index (Phi) is 3.27. The van der Waals surface area contributed by atoms with Gasteiger partial charge in [-0.25, -0.2) is 0 Å². The quantitative estimate of drug-likeness (QED) is 0.626. The fraction of sp³-hybridized carbons (Fsp3) is 0.211. The molecule has 0 aliphatic rings. The second kappa shape index (κ2) is 5.09. The lowest BCUT2D eigenvalue weighted by molar-refractivity contribution is 1.14. The summed E-state index contributed by atoms with van der Waals surface area (Å²) in [5.74, 6) is 0. The molecule has 1 heteroatoms. The maximum atomic E-state index is 4.40. The highest BCUT2D eigenvalue weighted by Crippen LogP contribution is 2.28. The lowest BCUT2D eigenvalue weighted by atomic mass is 9.96. The van der Waals surface area contributed by atoms with Crippen molar-refractivity contribution in [3.63, 3.8) is 0 Å². The molecule has 0 amide bonds. The molecule has 0 spiro atoms. The zero-order valence-corrected chi connectivity index (χ0v) is 12.3. The molecule has 1 aromatic heterocycles. The Bertz CT molecular complexity index is 772. The van der Waals surface area contributed by atoms with E-state index in [1.807, 2.05) is 13.1 Å². The molecule has 100 valence electrons. The molecule has 1 heterocycles.